The molecular formula is C55H83N9O14. The van der Waals surface area contributed by atoms with Crippen molar-refractivity contribution in [3.63, 3.8) is 0 Å². The molecule has 4 saturated carbocycles. The van der Waals surface area contributed by atoms with Crippen molar-refractivity contribution in [3.8, 4) is 11.5 Å². The molecule has 5 aliphatic rings. The van der Waals surface area contributed by atoms with E-state index in [1.165, 1.54) is 20.3 Å². The van der Waals surface area contributed by atoms with E-state index in [0.29, 0.717) is 126 Å². The monoisotopic (exact) mass is 1090 g/mol. The molecule has 432 valence electrons. The average molecular weight is 1090 g/mol. The molecule has 9 N–H and O–H groups in total. The maximum atomic E-state index is 14.1. The third-order valence-electron chi connectivity index (χ3n) is 15.4. The molecule has 1 saturated heterocycles. The number of allylic oxidation sites excluding steroid dienone is 1. The molecule has 5 fully saturated rings. The Morgan fingerprint density at radius 3 is 1.77 bits per heavy atom. The van der Waals surface area contributed by atoms with Gasteiger partial charge in [-0.25, -0.2) is 9.79 Å². The number of hydrogen-bond donors (Lipinski definition) is 8. The maximum Gasteiger partial charge on any atom is 0.330 e. The van der Waals surface area contributed by atoms with Crippen LogP contribution in [0.1, 0.15) is 63.0 Å². The standard InChI is InChI=1S/C55H83N9O14/c1-37(2)43-31-42(8-9-45(43)59-46(52-47(74-3)6-5-7-48(52)75-4)32-44(56)53(71)60-55(54(72)73)40-27-38-26-39(29-40)30-41(55)28-38)57-10-21-76-24-25-77-22-11-58-49(66)33-62-14-12-61(20-23-78-36-65)13-15-63(34-50(67)68)18-19-64(17-16-62)35-51(69)70/h5-9,31-32,37-41,57,65H,10-30,33-36,56H2,1-4H3,(H,58,66)(H,60,71)(H,67,68)(H,69,70)(H,72,73)/b44-32-,59-46?. The molecule has 78 heavy (non-hydrogen) atoms. The smallest absolute Gasteiger partial charge is 0.330 e. The van der Waals surface area contributed by atoms with Gasteiger partial charge in [0.25, 0.3) is 5.91 Å². The van der Waals surface area contributed by atoms with Gasteiger partial charge in [-0.15, -0.1) is 0 Å². The summed E-state index contributed by atoms with van der Waals surface area (Å²) >= 11 is 0. The first kappa shape index (κ1) is 61.3. The average Bonchev–Trinajstić information content (AvgIpc) is 3.58. The Labute approximate surface area is 457 Å². The first-order chi connectivity index (χ1) is 37.5. The summed E-state index contributed by atoms with van der Waals surface area (Å²) in [5.74, 6) is -2.24. The zero-order valence-electron chi connectivity index (χ0n) is 45.8. The number of carboxylic acid groups (broad SMARTS) is 3. The minimum Gasteiger partial charge on any atom is -0.496 e. The quantitative estimate of drug-likeness (QED) is 0.0250. The molecule has 7 rings (SSSR count). The van der Waals surface area contributed by atoms with Gasteiger partial charge in [-0.05, 0) is 104 Å². The van der Waals surface area contributed by atoms with Crippen LogP contribution in [0.4, 0.5) is 11.4 Å². The van der Waals surface area contributed by atoms with Crippen LogP contribution in [0.5, 0.6) is 11.5 Å². The number of nitrogens with zero attached hydrogens (tertiary/aromatic N) is 5. The van der Waals surface area contributed by atoms with Crippen LogP contribution in [-0.2, 0) is 38.2 Å². The Morgan fingerprint density at radius 2 is 1.26 bits per heavy atom. The molecule has 2 amide bonds. The molecule has 23 heteroatoms. The van der Waals surface area contributed by atoms with Gasteiger partial charge in [-0.1, -0.05) is 19.9 Å². The van der Waals surface area contributed by atoms with Crippen molar-refractivity contribution < 1.29 is 68.1 Å². The number of aliphatic imine (C=N–C) groups is 1. The molecule has 23 nitrogen and oxygen atoms in total. The molecule has 0 spiro atoms. The van der Waals surface area contributed by atoms with E-state index in [9.17, 15) is 39.3 Å². The number of aliphatic carboxylic acids is 3. The molecule has 0 aromatic heterocycles. The zero-order valence-corrected chi connectivity index (χ0v) is 45.8. The number of methoxy groups -OCH3 is 2. The van der Waals surface area contributed by atoms with Gasteiger partial charge in [0, 0.05) is 77.7 Å². The maximum absolute atomic E-state index is 14.1. The Hall–Kier alpha value is -5.92. The summed E-state index contributed by atoms with van der Waals surface area (Å²) in [7, 11) is 3.06. The van der Waals surface area contributed by atoms with E-state index in [-0.39, 0.29) is 68.8 Å². The van der Waals surface area contributed by atoms with Crippen LogP contribution in [0.15, 0.2) is 53.2 Å². The van der Waals surface area contributed by atoms with Gasteiger partial charge in [0.05, 0.1) is 89.5 Å². The highest BCUT2D eigenvalue weighted by atomic mass is 16.6. The van der Waals surface area contributed by atoms with Gasteiger partial charge in [0.2, 0.25) is 5.91 Å². The van der Waals surface area contributed by atoms with Crippen molar-refractivity contribution in [1.82, 2.24) is 30.2 Å². The Morgan fingerprint density at radius 1 is 0.718 bits per heavy atom. The Bertz CT molecular complexity index is 2340. The van der Waals surface area contributed by atoms with Crippen molar-refractivity contribution >= 4 is 46.8 Å². The summed E-state index contributed by atoms with van der Waals surface area (Å²) in [4.78, 5) is 76.2. The predicted molar refractivity (Wildman–Crippen MR) is 291 cm³/mol. The van der Waals surface area contributed by atoms with E-state index >= 15 is 0 Å². The number of hydrogen-bond acceptors (Lipinski definition) is 18. The second kappa shape index (κ2) is 30.4. The van der Waals surface area contributed by atoms with Gasteiger partial charge in [-0.3, -0.25) is 38.8 Å². The fourth-order valence-corrected chi connectivity index (χ4v) is 11.7. The van der Waals surface area contributed by atoms with Gasteiger partial charge in [0.1, 0.15) is 23.8 Å². The summed E-state index contributed by atoms with van der Waals surface area (Å²) in [5, 5.41) is 48.1. The number of aliphatic hydroxyl groups excluding tert-OH is 1. The molecule has 4 bridgehead atoms. The molecule has 1 aliphatic heterocycles. The minimum absolute atomic E-state index is 0.0249. The number of anilines is 1. The van der Waals surface area contributed by atoms with Crippen LogP contribution < -0.4 is 31.2 Å². The van der Waals surface area contributed by atoms with Crippen LogP contribution in [0.2, 0.25) is 0 Å². The van der Waals surface area contributed by atoms with E-state index in [4.69, 9.17) is 39.5 Å². The number of carbonyl (C=O) groups excluding carboxylic acids is 2. The number of amides is 2. The summed E-state index contributed by atoms with van der Waals surface area (Å²) in [6, 6.07) is 11.1. The second-order valence-corrected chi connectivity index (χ2v) is 21.0. The van der Waals surface area contributed by atoms with Crippen molar-refractivity contribution in [1.29, 1.82) is 0 Å². The van der Waals surface area contributed by atoms with Crippen LogP contribution in [0.3, 0.4) is 0 Å². The SMILES string of the molecule is COc1cccc(OC)c1C(/C=C(\N)C(=O)NC1(C(=O)O)C2CC3CC(C2)CC1C3)=Nc1ccc(NCCOCCOCCNC(=O)CN2CCN(CCOCO)CCN(CC(=O)O)CCN(CC(=O)O)CC2)cc1C(C)C. The van der Waals surface area contributed by atoms with E-state index < -0.39 is 36.1 Å². The third-order valence-corrected chi connectivity index (χ3v) is 15.4. The lowest BCUT2D eigenvalue weighted by molar-refractivity contribution is -0.167. The second-order valence-electron chi connectivity index (χ2n) is 21.0. The first-order valence-corrected chi connectivity index (χ1v) is 27.2. The van der Waals surface area contributed by atoms with Crippen LogP contribution in [0.25, 0.3) is 0 Å². The molecule has 0 unspecified atom stereocenters. The highest BCUT2D eigenvalue weighted by molar-refractivity contribution is 6.16. The molecule has 1 heterocycles. The van der Waals surface area contributed by atoms with E-state index in [1.807, 2.05) is 23.1 Å². The number of nitrogens with two attached hydrogens (primary N) is 1. The minimum atomic E-state index is -1.38. The summed E-state index contributed by atoms with van der Waals surface area (Å²) < 4.78 is 28.2. The fraction of sp³-hybridized carbons (Fsp3) is 0.636. The number of nitrogens with one attached hydrogen (secondary N) is 3. The summed E-state index contributed by atoms with van der Waals surface area (Å²) in [6.45, 7) is 9.77. The van der Waals surface area contributed by atoms with E-state index in [1.54, 1.807) is 28.0 Å². The Balaban J connectivity index is 0.990. The number of ether oxygens (including phenoxy) is 5. The Kier molecular flexibility index (Phi) is 23.9. The lowest BCUT2D eigenvalue weighted by atomic mass is 9.48. The van der Waals surface area contributed by atoms with Gasteiger partial charge in [0.15, 0.2) is 0 Å². The van der Waals surface area contributed by atoms with Crippen molar-refractivity contribution in [2.75, 3.05) is 151 Å². The molecule has 0 atom stereocenters. The van der Waals surface area contributed by atoms with Crippen LogP contribution in [-0.4, -0.2) is 227 Å². The normalized spacial score (nSPS) is 22.8. The van der Waals surface area contributed by atoms with Crippen molar-refractivity contribution in [3.05, 3.63) is 59.3 Å². The lowest BCUT2D eigenvalue weighted by Crippen LogP contribution is -2.70. The van der Waals surface area contributed by atoms with Gasteiger partial charge in [-0.2, -0.15) is 0 Å². The largest absolute Gasteiger partial charge is 0.496 e. The zero-order chi connectivity index (χ0) is 56.2. The van der Waals surface area contributed by atoms with Gasteiger partial charge >= 0.3 is 17.9 Å². The van der Waals surface area contributed by atoms with Crippen molar-refractivity contribution in [2.45, 2.75) is 57.4 Å². The van der Waals surface area contributed by atoms with E-state index in [2.05, 4.69) is 34.7 Å². The summed E-state index contributed by atoms with van der Waals surface area (Å²) in [5.41, 5.74) is 8.18. The number of aliphatic hydroxyl groups is 1. The number of carboxylic acids is 3. The molecule has 2 aromatic rings. The number of benzene rings is 2. The van der Waals surface area contributed by atoms with Gasteiger partial charge < -0.3 is 65.8 Å². The predicted octanol–water partition coefficient (Wildman–Crippen LogP) is 2.10. The highest BCUT2D eigenvalue weighted by Gasteiger charge is 2.62. The molecule has 4 aliphatic carbocycles. The highest BCUT2D eigenvalue weighted by Crippen LogP contribution is 2.58. The van der Waals surface area contributed by atoms with Crippen LogP contribution >= 0.6 is 0 Å². The number of rotatable bonds is 29. The summed E-state index contributed by atoms with van der Waals surface area (Å²) in [6.07, 6.45) is 5.72. The molecular weight excluding hydrogens is 1010 g/mol. The first-order valence-electron chi connectivity index (χ1n) is 27.2. The van der Waals surface area contributed by atoms with Crippen molar-refractivity contribution in [2.24, 2.45) is 34.4 Å². The third kappa shape index (κ3) is 17.5. The fourth-order valence-electron chi connectivity index (χ4n) is 11.7. The number of carbonyl (C=O) groups is 5. The molecule has 2 aromatic carbocycles. The topological polar surface area (TPSA) is 300 Å². The molecule has 0 radical (unpaired) electrons. The lowest BCUT2D eigenvalue weighted by Gasteiger charge is -2.59. The van der Waals surface area contributed by atoms with E-state index in [0.717, 1.165) is 43.4 Å². The van der Waals surface area contributed by atoms with Crippen LogP contribution in [0, 0.1) is 23.7 Å².